The van der Waals surface area contributed by atoms with E-state index in [1.54, 1.807) is 0 Å². The average molecular weight is 694 g/mol. The predicted molar refractivity (Wildman–Crippen MR) is 146 cm³/mol. The summed E-state index contributed by atoms with van der Waals surface area (Å²) in [6.07, 6.45) is -5.44. The van der Waals surface area contributed by atoms with Crippen LogP contribution in [0.4, 0.5) is 43.4 Å². The maximum absolute atomic E-state index is 14.7. The van der Waals surface area contributed by atoms with Gasteiger partial charge in [0.2, 0.25) is 5.91 Å². The van der Waals surface area contributed by atoms with Gasteiger partial charge >= 0.3 is 12.1 Å². The summed E-state index contributed by atoms with van der Waals surface area (Å²) in [7, 11) is 0. The second kappa shape index (κ2) is 11.6. The third-order valence-electron chi connectivity index (χ3n) is 6.02. The van der Waals surface area contributed by atoms with Gasteiger partial charge in [-0.2, -0.15) is 13.2 Å². The third-order valence-corrected chi connectivity index (χ3v) is 7.84. The molecule has 0 aromatic heterocycles. The number of hydrogen-bond acceptors (Lipinski definition) is 3. The predicted octanol–water partition coefficient (Wildman–Crippen LogP) is 8.34. The summed E-state index contributed by atoms with van der Waals surface area (Å²) in [5, 5.41) is 4.75. The molecule has 1 aliphatic rings. The lowest BCUT2D eigenvalue weighted by Crippen LogP contribution is -2.31. The normalized spacial score (nSPS) is 17.4. The average Bonchev–Trinajstić information content (AvgIpc) is 3.48. The van der Waals surface area contributed by atoms with Gasteiger partial charge in [0.15, 0.2) is 11.6 Å². The fraction of sp³-hybridized carbons (Fsp3) is 0.160. The number of anilines is 3. The molecule has 4 rings (SSSR count). The summed E-state index contributed by atoms with van der Waals surface area (Å²) in [6, 6.07) is 7.23. The van der Waals surface area contributed by atoms with Crippen molar-refractivity contribution in [2.75, 3.05) is 16.0 Å². The molecule has 0 spiro atoms. The highest BCUT2D eigenvalue weighted by Crippen LogP contribution is 2.65. The van der Waals surface area contributed by atoms with Crippen LogP contribution in [0, 0.1) is 23.4 Å². The van der Waals surface area contributed by atoms with E-state index in [1.165, 1.54) is 24.3 Å². The number of nitrogens with one attached hydrogen (secondary N) is 3. The lowest BCUT2D eigenvalue weighted by atomic mass is 10.1. The number of carbonyl (C=O) groups is 3. The van der Waals surface area contributed by atoms with Gasteiger partial charge in [-0.15, -0.1) is 23.2 Å². The molecule has 42 heavy (non-hydrogen) atoms. The maximum atomic E-state index is 14.7. The third kappa shape index (κ3) is 6.37. The van der Waals surface area contributed by atoms with Gasteiger partial charge in [0.05, 0.1) is 32.2 Å². The molecule has 0 aliphatic heterocycles. The monoisotopic (exact) mass is 691 g/mol. The van der Waals surface area contributed by atoms with E-state index in [1.807, 2.05) is 5.32 Å². The number of alkyl halides is 5. The summed E-state index contributed by atoms with van der Waals surface area (Å²) < 4.78 is 78.5. The molecule has 1 aliphatic carbocycles. The fourth-order valence-electron chi connectivity index (χ4n) is 3.96. The number of carbonyl (C=O) groups excluding carboxylic acids is 3. The van der Waals surface area contributed by atoms with Crippen molar-refractivity contribution in [3.05, 3.63) is 86.1 Å². The number of halogens is 11. The Balaban J connectivity index is 1.53. The minimum absolute atomic E-state index is 0.00258. The second-order valence-corrected chi connectivity index (χ2v) is 11.5. The molecule has 0 unspecified atom stereocenters. The zero-order chi connectivity index (χ0) is 31.3. The van der Waals surface area contributed by atoms with Crippen LogP contribution in [0.3, 0.4) is 0 Å². The maximum Gasteiger partial charge on any atom is 0.471 e. The first kappa shape index (κ1) is 32.0. The van der Waals surface area contributed by atoms with E-state index in [2.05, 4.69) is 5.32 Å². The molecule has 0 heterocycles. The van der Waals surface area contributed by atoms with Crippen LogP contribution >= 0.6 is 58.0 Å². The number of hydrogen-bond donors (Lipinski definition) is 3. The fourth-order valence-corrected chi connectivity index (χ4v) is 5.49. The molecule has 2 atom stereocenters. The first-order chi connectivity index (χ1) is 19.4. The quantitative estimate of drug-likeness (QED) is 0.138. The molecule has 3 aromatic carbocycles. The molecular formula is C25H12Cl5F6N3O3. The zero-order valence-electron chi connectivity index (χ0n) is 20.1. The largest absolute Gasteiger partial charge is 0.471 e. The van der Waals surface area contributed by atoms with Crippen LogP contribution in [0.2, 0.25) is 15.1 Å². The van der Waals surface area contributed by atoms with Crippen LogP contribution in [-0.2, 0) is 9.59 Å². The first-order valence-corrected chi connectivity index (χ1v) is 13.1. The molecular weight excluding hydrogens is 682 g/mol. The van der Waals surface area contributed by atoms with Gasteiger partial charge in [-0.25, -0.2) is 13.2 Å². The molecule has 222 valence electrons. The molecule has 0 bridgehead atoms. The standard InChI is InChI=1S/C25H12Cl5F6N3O3/c26-11-2-1-9(37-22(41)17-16(24(17,29)30)8-5-12(27)18(32)13(28)6-8)7-10(11)21(40)38-15-4-3-14(31)20(19(15)33)39-23(42)25(34,35)36/h1-7,16-17H,(H,37,41)(H,38,40)(H,39,42)/t16-,17+/m0/s1. The van der Waals surface area contributed by atoms with Crippen LogP contribution in [0.25, 0.3) is 0 Å². The van der Waals surface area contributed by atoms with Gasteiger partial charge in [-0.1, -0.05) is 34.8 Å². The lowest BCUT2D eigenvalue weighted by molar-refractivity contribution is -0.167. The van der Waals surface area contributed by atoms with E-state index in [0.717, 1.165) is 11.4 Å². The van der Waals surface area contributed by atoms with Crippen molar-refractivity contribution in [2.45, 2.75) is 16.4 Å². The van der Waals surface area contributed by atoms with Crippen LogP contribution < -0.4 is 16.0 Å². The van der Waals surface area contributed by atoms with Crippen molar-refractivity contribution in [1.82, 2.24) is 0 Å². The number of benzene rings is 3. The van der Waals surface area contributed by atoms with Crippen molar-refractivity contribution >= 4 is 92.8 Å². The highest BCUT2D eigenvalue weighted by molar-refractivity contribution is 6.53. The summed E-state index contributed by atoms with van der Waals surface area (Å²) in [6.45, 7) is 0. The smallest absolute Gasteiger partial charge is 0.326 e. The molecule has 1 fully saturated rings. The van der Waals surface area contributed by atoms with Crippen LogP contribution in [0.1, 0.15) is 21.8 Å². The highest BCUT2D eigenvalue weighted by Gasteiger charge is 2.67. The van der Waals surface area contributed by atoms with Crippen molar-refractivity contribution in [2.24, 2.45) is 5.92 Å². The Hall–Kier alpha value is -2.90. The molecule has 6 nitrogen and oxygen atoms in total. The minimum Gasteiger partial charge on any atom is -0.326 e. The Bertz CT molecular complexity index is 1610. The van der Waals surface area contributed by atoms with Crippen LogP contribution in [0.5, 0.6) is 0 Å². The highest BCUT2D eigenvalue weighted by atomic mass is 35.5. The van der Waals surface area contributed by atoms with Crippen LogP contribution in [0.15, 0.2) is 42.5 Å². The van der Waals surface area contributed by atoms with Gasteiger partial charge < -0.3 is 16.0 Å². The molecule has 17 heteroatoms. The van der Waals surface area contributed by atoms with Crippen LogP contribution in [-0.4, -0.2) is 28.2 Å². The number of amides is 3. The van der Waals surface area contributed by atoms with Gasteiger partial charge in [0.1, 0.15) is 15.8 Å². The van der Waals surface area contributed by atoms with E-state index >= 15 is 0 Å². The van der Waals surface area contributed by atoms with Crippen molar-refractivity contribution in [3.63, 3.8) is 0 Å². The zero-order valence-corrected chi connectivity index (χ0v) is 23.9. The Morgan fingerprint density at radius 1 is 0.786 bits per heavy atom. The Morgan fingerprint density at radius 3 is 2.00 bits per heavy atom. The van der Waals surface area contributed by atoms with E-state index in [9.17, 15) is 40.7 Å². The van der Waals surface area contributed by atoms with Gasteiger partial charge in [-0.3, -0.25) is 14.4 Å². The van der Waals surface area contributed by atoms with E-state index < -0.39 is 68.9 Å². The Labute approximate surface area is 257 Å². The molecule has 0 radical (unpaired) electrons. The SMILES string of the molecule is O=C(Nc1ccc(F)c(NC(=O)C(F)(F)F)c1F)c1cc(NC(=O)[C@H]2[C@H](c3cc(Cl)c(F)c(Cl)c3)C2(Cl)Cl)ccc1Cl. The first-order valence-electron chi connectivity index (χ1n) is 11.2. The molecule has 1 saturated carbocycles. The summed E-state index contributed by atoms with van der Waals surface area (Å²) >= 11 is 30.3. The van der Waals surface area contributed by atoms with Gasteiger partial charge in [-0.05, 0) is 48.0 Å². The molecule has 0 saturated heterocycles. The topological polar surface area (TPSA) is 87.3 Å². The number of rotatable bonds is 6. The Morgan fingerprint density at radius 2 is 1.40 bits per heavy atom. The van der Waals surface area contributed by atoms with E-state index in [-0.39, 0.29) is 26.3 Å². The molecule has 3 aromatic rings. The van der Waals surface area contributed by atoms with E-state index in [0.29, 0.717) is 17.7 Å². The summed E-state index contributed by atoms with van der Waals surface area (Å²) in [4.78, 5) is 37.0. The Kier molecular flexibility index (Phi) is 8.88. The summed E-state index contributed by atoms with van der Waals surface area (Å²) in [5.74, 6) is -10.5. The molecule has 3 N–H and O–H groups in total. The minimum atomic E-state index is -5.44. The van der Waals surface area contributed by atoms with Gasteiger partial charge in [0.25, 0.3) is 5.91 Å². The van der Waals surface area contributed by atoms with E-state index in [4.69, 9.17) is 58.0 Å². The lowest BCUT2D eigenvalue weighted by Gasteiger charge is -2.14. The second-order valence-electron chi connectivity index (χ2n) is 8.80. The van der Waals surface area contributed by atoms with Crippen molar-refractivity contribution in [1.29, 1.82) is 0 Å². The van der Waals surface area contributed by atoms with Gasteiger partial charge in [0, 0.05) is 11.6 Å². The summed E-state index contributed by atoms with van der Waals surface area (Å²) in [5.41, 5.74) is -2.30. The molecule has 3 amide bonds. The van der Waals surface area contributed by atoms with Crippen molar-refractivity contribution in [3.8, 4) is 0 Å². The van der Waals surface area contributed by atoms with Crippen molar-refractivity contribution < 1.29 is 40.7 Å².